The molecule has 0 aliphatic carbocycles. The van der Waals surface area contributed by atoms with Crippen LogP contribution in [0.25, 0.3) is 0 Å². The zero-order valence-corrected chi connectivity index (χ0v) is 13.7. The quantitative estimate of drug-likeness (QED) is 0.482. The van der Waals surface area contributed by atoms with Gasteiger partial charge in [0.2, 0.25) is 0 Å². The Balaban J connectivity index is 2.77. The van der Waals surface area contributed by atoms with E-state index in [2.05, 4.69) is 22.7 Å². The first-order valence-electron chi connectivity index (χ1n) is 5.49. The predicted molar refractivity (Wildman–Crippen MR) is 86.2 cm³/mol. The van der Waals surface area contributed by atoms with Crippen LogP contribution in [0.2, 0.25) is 10.0 Å². The van der Waals surface area contributed by atoms with Gasteiger partial charge in [-0.2, -0.15) is 5.10 Å². The third-order valence-electron chi connectivity index (χ3n) is 2.34. The molecule has 5 nitrogen and oxygen atoms in total. The Morgan fingerprint density at radius 2 is 2.05 bits per heavy atom. The van der Waals surface area contributed by atoms with Gasteiger partial charge in [-0.25, -0.2) is 8.42 Å². The minimum atomic E-state index is -3.45. The highest BCUT2D eigenvalue weighted by Gasteiger charge is 2.16. The summed E-state index contributed by atoms with van der Waals surface area (Å²) >= 11 is 16.1. The predicted octanol–water partition coefficient (Wildman–Crippen LogP) is 2.37. The van der Waals surface area contributed by atoms with Gasteiger partial charge < -0.3 is 5.73 Å². The molecule has 0 aliphatic heterocycles. The lowest BCUT2D eigenvalue weighted by molar-refractivity contribution is 0.596. The number of nitrogens with zero attached hydrogens (tertiary/aromatic N) is 1. The minimum absolute atomic E-state index is 0.0247. The van der Waals surface area contributed by atoms with Crippen LogP contribution in [0.4, 0.5) is 0 Å². The van der Waals surface area contributed by atoms with Crippen molar-refractivity contribution in [1.29, 1.82) is 0 Å². The number of hydrazone groups is 1. The van der Waals surface area contributed by atoms with Gasteiger partial charge in [-0.05, 0) is 37.3 Å². The van der Waals surface area contributed by atoms with E-state index in [0.29, 0.717) is 10.7 Å². The molecule has 0 heterocycles. The molecule has 3 N–H and O–H groups in total. The SMILES string of the molecule is C/C(CCS(=O)(=O)c1ccc(Cl)c(Cl)c1)=N/NC(N)=S. The smallest absolute Gasteiger partial charge is 0.184 e. The van der Waals surface area contributed by atoms with Crippen LogP contribution in [0.5, 0.6) is 0 Å². The van der Waals surface area contributed by atoms with E-state index in [1.165, 1.54) is 18.2 Å². The summed E-state index contributed by atoms with van der Waals surface area (Å²) in [4.78, 5) is 0.127. The first-order valence-corrected chi connectivity index (χ1v) is 8.30. The van der Waals surface area contributed by atoms with Crippen LogP contribution >= 0.6 is 35.4 Å². The summed E-state index contributed by atoms with van der Waals surface area (Å²) in [5.41, 5.74) is 8.18. The molecule has 0 fully saturated rings. The number of sulfone groups is 1. The molecule has 0 radical (unpaired) electrons. The molecule has 0 amide bonds. The Labute approximate surface area is 133 Å². The summed E-state index contributed by atoms with van der Waals surface area (Å²) in [5, 5.41) is 4.38. The second kappa shape index (κ2) is 7.21. The molecule has 9 heteroatoms. The van der Waals surface area contributed by atoms with Crippen molar-refractivity contribution in [3.05, 3.63) is 28.2 Å². The van der Waals surface area contributed by atoms with Crippen LogP contribution in [0.15, 0.2) is 28.2 Å². The summed E-state index contributed by atoms with van der Waals surface area (Å²) in [6.07, 6.45) is 0.248. The molecule has 0 atom stereocenters. The van der Waals surface area contributed by atoms with E-state index >= 15 is 0 Å². The maximum atomic E-state index is 12.1. The monoisotopic (exact) mass is 353 g/mol. The second-order valence-corrected chi connectivity index (χ2v) is 7.33. The molecule has 0 saturated carbocycles. The molecule has 0 unspecified atom stereocenters. The van der Waals surface area contributed by atoms with E-state index < -0.39 is 9.84 Å². The topological polar surface area (TPSA) is 84.5 Å². The summed E-state index contributed by atoms with van der Waals surface area (Å²) in [6, 6.07) is 4.20. The average molecular weight is 354 g/mol. The Kier molecular flexibility index (Phi) is 6.19. The molecule has 0 aromatic heterocycles. The van der Waals surface area contributed by atoms with Crippen molar-refractivity contribution in [2.75, 3.05) is 5.75 Å². The van der Waals surface area contributed by atoms with E-state index in [0.717, 1.165) is 0 Å². The Morgan fingerprint density at radius 1 is 1.40 bits per heavy atom. The molecule has 1 rings (SSSR count). The number of hydrogen-bond donors (Lipinski definition) is 2. The average Bonchev–Trinajstić information content (AvgIpc) is 2.37. The fraction of sp³-hybridized carbons (Fsp3) is 0.273. The maximum Gasteiger partial charge on any atom is 0.184 e. The van der Waals surface area contributed by atoms with Gasteiger partial charge >= 0.3 is 0 Å². The third-order valence-corrected chi connectivity index (χ3v) is 4.88. The number of halogens is 2. The van der Waals surface area contributed by atoms with Crippen molar-refractivity contribution in [3.63, 3.8) is 0 Å². The number of rotatable bonds is 5. The largest absolute Gasteiger partial charge is 0.375 e. The zero-order chi connectivity index (χ0) is 15.3. The molecule has 0 aliphatic rings. The van der Waals surface area contributed by atoms with Gasteiger partial charge in [0.05, 0.1) is 20.7 Å². The maximum absolute atomic E-state index is 12.1. The molecular weight excluding hydrogens is 341 g/mol. The van der Waals surface area contributed by atoms with Crippen LogP contribution in [-0.2, 0) is 9.84 Å². The first kappa shape index (κ1) is 17.2. The Bertz CT molecular complexity index is 645. The summed E-state index contributed by atoms with van der Waals surface area (Å²) < 4.78 is 24.2. The fourth-order valence-corrected chi connectivity index (χ4v) is 3.06. The van der Waals surface area contributed by atoms with Crippen LogP contribution < -0.4 is 11.2 Å². The number of nitrogens with two attached hydrogens (primary N) is 1. The van der Waals surface area contributed by atoms with Crippen molar-refractivity contribution >= 4 is 56.1 Å². The van der Waals surface area contributed by atoms with E-state index in [9.17, 15) is 8.42 Å². The zero-order valence-electron chi connectivity index (χ0n) is 10.6. The molecule has 1 aromatic rings. The Hall–Kier alpha value is -0.890. The van der Waals surface area contributed by atoms with Gasteiger partial charge in [0.15, 0.2) is 14.9 Å². The normalized spacial score (nSPS) is 12.2. The minimum Gasteiger partial charge on any atom is -0.375 e. The van der Waals surface area contributed by atoms with Crippen LogP contribution in [0.3, 0.4) is 0 Å². The second-order valence-electron chi connectivity index (χ2n) is 3.97. The van der Waals surface area contributed by atoms with E-state index in [1.54, 1.807) is 6.92 Å². The van der Waals surface area contributed by atoms with Gasteiger partial charge in [-0.15, -0.1) is 0 Å². The van der Waals surface area contributed by atoms with Crippen molar-refractivity contribution in [2.45, 2.75) is 18.2 Å². The summed E-state index contributed by atoms with van der Waals surface area (Å²) in [5.74, 6) is -0.0979. The fourth-order valence-electron chi connectivity index (χ4n) is 1.28. The van der Waals surface area contributed by atoms with E-state index in [4.69, 9.17) is 28.9 Å². The highest BCUT2D eigenvalue weighted by Crippen LogP contribution is 2.25. The standard InChI is InChI=1S/C11H13Cl2N3O2S2/c1-7(15-16-11(14)19)4-5-20(17,18)8-2-3-9(12)10(13)6-8/h2-3,6H,4-5H2,1H3,(H3,14,16,19)/b15-7-. The van der Waals surface area contributed by atoms with Crippen molar-refractivity contribution in [1.82, 2.24) is 5.43 Å². The molecule has 20 heavy (non-hydrogen) atoms. The number of hydrogen-bond acceptors (Lipinski definition) is 4. The third kappa shape index (κ3) is 5.24. The molecule has 0 bridgehead atoms. The van der Waals surface area contributed by atoms with Crippen molar-refractivity contribution in [3.8, 4) is 0 Å². The highest BCUT2D eigenvalue weighted by atomic mass is 35.5. The molecular formula is C11H13Cl2N3O2S2. The summed E-state index contributed by atoms with van der Waals surface area (Å²) in [7, 11) is -3.45. The highest BCUT2D eigenvalue weighted by molar-refractivity contribution is 7.91. The van der Waals surface area contributed by atoms with Crippen LogP contribution in [0, 0.1) is 0 Å². The van der Waals surface area contributed by atoms with Gasteiger partial charge in [-0.1, -0.05) is 23.2 Å². The summed E-state index contributed by atoms with van der Waals surface area (Å²) in [6.45, 7) is 1.68. The lowest BCUT2D eigenvalue weighted by Gasteiger charge is -2.06. The van der Waals surface area contributed by atoms with Gasteiger partial charge in [0, 0.05) is 12.1 Å². The number of thiocarbonyl (C=S) groups is 1. The lowest BCUT2D eigenvalue weighted by Crippen LogP contribution is -2.25. The van der Waals surface area contributed by atoms with Gasteiger partial charge in [0.1, 0.15) is 0 Å². The molecule has 1 aromatic carbocycles. The van der Waals surface area contributed by atoms with Crippen LogP contribution in [-0.4, -0.2) is 25.0 Å². The van der Waals surface area contributed by atoms with E-state index in [1.807, 2.05) is 0 Å². The van der Waals surface area contributed by atoms with Crippen molar-refractivity contribution < 1.29 is 8.42 Å². The van der Waals surface area contributed by atoms with E-state index in [-0.39, 0.29) is 27.2 Å². The first-order chi connectivity index (χ1) is 9.22. The number of nitrogens with one attached hydrogen (secondary N) is 1. The lowest BCUT2D eigenvalue weighted by atomic mass is 10.3. The molecule has 0 spiro atoms. The Morgan fingerprint density at radius 3 is 2.60 bits per heavy atom. The van der Waals surface area contributed by atoms with Crippen LogP contribution in [0.1, 0.15) is 13.3 Å². The van der Waals surface area contributed by atoms with Gasteiger partial charge in [-0.3, -0.25) is 5.43 Å². The molecule has 110 valence electrons. The molecule has 0 saturated heterocycles. The number of benzene rings is 1. The van der Waals surface area contributed by atoms with Crippen molar-refractivity contribution in [2.24, 2.45) is 10.8 Å². The van der Waals surface area contributed by atoms with Gasteiger partial charge in [0.25, 0.3) is 0 Å².